The third-order valence-corrected chi connectivity index (χ3v) is 2.78. The van der Waals surface area contributed by atoms with Crippen LogP contribution >= 0.6 is 27.5 Å². The van der Waals surface area contributed by atoms with E-state index in [0.29, 0.717) is 5.15 Å². The average molecular weight is 302 g/mol. The van der Waals surface area contributed by atoms with Crippen LogP contribution in [0.4, 0.5) is 5.69 Å². The van der Waals surface area contributed by atoms with E-state index in [2.05, 4.69) is 26.2 Å². The molecule has 0 fully saturated rings. The second-order valence-electron chi connectivity index (χ2n) is 3.38. The number of rotatable bonds is 3. The molecule has 0 aliphatic heterocycles. The zero-order valence-corrected chi connectivity index (χ0v) is 10.9. The monoisotopic (exact) mass is 300 g/mol. The van der Waals surface area contributed by atoms with Gasteiger partial charge in [0.1, 0.15) is 10.9 Å². The van der Waals surface area contributed by atoms with Crippen molar-refractivity contribution in [2.75, 3.05) is 5.32 Å². The Hall–Kier alpha value is -1.000. The molecule has 0 radical (unpaired) electrons. The van der Waals surface area contributed by atoms with Gasteiger partial charge in [-0.3, -0.25) is 0 Å². The molecular weight excluding hydrogens is 291 g/mol. The van der Waals surface area contributed by atoms with Gasteiger partial charge in [0.2, 0.25) is 0 Å². The molecule has 0 spiro atoms. The van der Waals surface area contributed by atoms with E-state index in [-0.39, 0.29) is 6.04 Å². The maximum absolute atomic E-state index is 5.70. The number of halogens is 2. The summed E-state index contributed by atoms with van der Waals surface area (Å²) in [4.78, 5) is 3.99. The zero-order chi connectivity index (χ0) is 11.5. The molecule has 0 aromatic carbocycles. The number of hydrogen-bond acceptors (Lipinski definition) is 3. The fourth-order valence-electron chi connectivity index (χ4n) is 1.34. The smallest absolute Gasteiger partial charge is 0.169 e. The normalized spacial score (nSPS) is 12.4. The van der Waals surface area contributed by atoms with E-state index in [1.54, 1.807) is 12.3 Å². The highest BCUT2D eigenvalue weighted by molar-refractivity contribution is 9.10. The van der Waals surface area contributed by atoms with Gasteiger partial charge in [-0.2, -0.15) is 0 Å². The number of furan rings is 1. The van der Waals surface area contributed by atoms with Crippen molar-refractivity contribution in [3.63, 3.8) is 0 Å². The van der Waals surface area contributed by atoms with Gasteiger partial charge in [-0.25, -0.2) is 4.98 Å². The van der Waals surface area contributed by atoms with Crippen molar-refractivity contribution in [2.24, 2.45) is 0 Å². The molecule has 0 aliphatic rings. The molecule has 0 saturated heterocycles. The van der Waals surface area contributed by atoms with Gasteiger partial charge < -0.3 is 9.73 Å². The molecule has 0 amide bonds. The van der Waals surface area contributed by atoms with Crippen LogP contribution in [0.5, 0.6) is 0 Å². The van der Waals surface area contributed by atoms with Crippen molar-refractivity contribution in [3.8, 4) is 0 Å². The van der Waals surface area contributed by atoms with Crippen molar-refractivity contribution in [3.05, 3.63) is 46.0 Å². The molecule has 3 nitrogen and oxygen atoms in total. The molecule has 2 rings (SSSR count). The van der Waals surface area contributed by atoms with E-state index in [9.17, 15) is 0 Å². The predicted octanol–water partition coefficient (Wildman–Crippen LogP) is 4.26. The van der Waals surface area contributed by atoms with Crippen molar-refractivity contribution in [1.82, 2.24) is 4.98 Å². The van der Waals surface area contributed by atoms with Gasteiger partial charge in [0, 0.05) is 0 Å². The van der Waals surface area contributed by atoms with Crippen LogP contribution in [0.3, 0.4) is 0 Å². The summed E-state index contributed by atoms with van der Waals surface area (Å²) in [6, 6.07) is 7.49. The van der Waals surface area contributed by atoms with Crippen LogP contribution in [0.2, 0.25) is 5.15 Å². The molecule has 1 unspecified atom stereocenters. The predicted molar refractivity (Wildman–Crippen MR) is 67.7 cm³/mol. The first-order valence-electron chi connectivity index (χ1n) is 4.78. The number of hydrogen-bond donors (Lipinski definition) is 1. The standard InChI is InChI=1S/C11H10BrClN2O/c1-7(9-3-4-10(12)16-9)15-8-2-5-11(13)14-6-8/h2-7,15H,1H3. The summed E-state index contributed by atoms with van der Waals surface area (Å²) in [5, 5.41) is 3.75. The molecule has 5 heteroatoms. The molecule has 2 aromatic rings. The van der Waals surface area contributed by atoms with E-state index in [1.165, 1.54) is 0 Å². The van der Waals surface area contributed by atoms with Crippen LogP contribution in [0.1, 0.15) is 18.7 Å². The van der Waals surface area contributed by atoms with Crippen LogP contribution in [0, 0.1) is 0 Å². The zero-order valence-electron chi connectivity index (χ0n) is 8.58. The minimum atomic E-state index is 0.0780. The molecule has 16 heavy (non-hydrogen) atoms. The summed E-state index contributed by atoms with van der Waals surface area (Å²) in [5.41, 5.74) is 0.907. The van der Waals surface area contributed by atoms with Crippen LogP contribution < -0.4 is 5.32 Å². The maximum atomic E-state index is 5.70. The molecule has 0 saturated carbocycles. The van der Waals surface area contributed by atoms with E-state index in [0.717, 1.165) is 16.1 Å². The Morgan fingerprint density at radius 1 is 1.38 bits per heavy atom. The Kier molecular flexibility index (Phi) is 3.51. The lowest BCUT2D eigenvalue weighted by Crippen LogP contribution is -2.05. The third-order valence-electron chi connectivity index (χ3n) is 2.13. The molecule has 1 N–H and O–H groups in total. The summed E-state index contributed by atoms with van der Waals surface area (Å²) >= 11 is 8.98. The Morgan fingerprint density at radius 3 is 2.75 bits per heavy atom. The average Bonchev–Trinajstić information content (AvgIpc) is 2.68. The van der Waals surface area contributed by atoms with Crippen LogP contribution in [-0.4, -0.2) is 4.98 Å². The Balaban J connectivity index is 2.07. The summed E-state index contributed by atoms with van der Waals surface area (Å²) in [7, 11) is 0. The lowest BCUT2D eigenvalue weighted by Gasteiger charge is -2.12. The number of pyridine rings is 1. The minimum Gasteiger partial charge on any atom is -0.452 e. The highest BCUT2D eigenvalue weighted by Crippen LogP contribution is 2.23. The second kappa shape index (κ2) is 4.89. The van der Waals surface area contributed by atoms with E-state index < -0.39 is 0 Å². The Morgan fingerprint density at radius 2 is 2.19 bits per heavy atom. The van der Waals surface area contributed by atoms with Gasteiger partial charge in [-0.15, -0.1) is 0 Å². The van der Waals surface area contributed by atoms with Gasteiger partial charge in [-0.1, -0.05) is 11.6 Å². The summed E-state index contributed by atoms with van der Waals surface area (Å²) in [5.74, 6) is 0.863. The van der Waals surface area contributed by atoms with Gasteiger partial charge in [0.25, 0.3) is 0 Å². The summed E-state index contributed by atoms with van der Waals surface area (Å²) in [6.07, 6.45) is 1.69. The van der Waals surface area contributed by atoms with Gasteiger partial charge >= 0.3 is 0 Å². The second-order valence-corrected chi connectivity index (χ2v) is 4.55. The number of aromatic nitrogens is 1. The van der Waals surface area contributed by atoms with Crippen molar-refractivity contribution < 1.29 is 4.42 Å². The van der Waals surface area contributed by atoms with Crippen LogP contribution in [0.15, 0.2) is 39.5 Å². The fraction of sp³-hybridized carbons (Fsp3) is 0.182. The number of anilines is 1. The lowest BCUT2D eigenvalue weighted by molar-refractivity contribution is 0.471. The molecule has 0 bridgehead atoms. The molecule has 1 atom stereocenters. The number of nitrogens with one attached hydrogen (secondary N) is 1. The Labute approximate surface area is 107 Å². The van der Waals surface area contributed by atoms with Gasteiger partial charge in [-0.05, 0) is 47.1 Å². The first-order valence-corrected chi connectivity index (χ1v) is 5.95. The third kappa shape index (κ3) is 2.77. The Bertz CT molecular complexity index is 469. The molecule has 0 aliphatic carbocycles. The highest BCUT2D eigenvalue weighted by atomic mass is 79.9. The topological polar surface area (TPSA) is 38.1 Å². The van der Waals surface area contributed by atoms with Crippen LogP contribution in [-0.2, 0) is 0 Å². The maximum Gasteiger partial charge on any atom is 0.169 e. The van der Waals surface area contributed by atoms with Crippen molar-refractivity contribution in [1.29, 1.82) is 0 Å². The van der Waals surface area contributed by atoms with Crippen molar-refractivity contribution in [2.45, 2.75) is 13.0 Å². The van der Waals surface area contributed by atoms with Crippen molar-refractivity contribution >= 4 is 33.2 Å². The van der Waals surface area contributed by atoms with E-state index in [4.69, 9.17) is 16.0 Å². The largest absolute Gasteiger partial charge is 0.452 e. The fourth-order valence-corrected chi connectivity index (χ4v) is 1.77. The lowest BCUT2D eigenvalue weighted by atomic mass is 10.2. The molecule has 84 valence electrons. The quantitative estimate of drug-likeness (QED) is 0.861. The van der Waals surface area contributed by atoms with Crippen LogP contribution in [0.25, 0.3) is 0 Å². The molecular formula is C11H10BrClN2O. The number of nitrogens with zero attached hydrogens (tertiary/aromatic N) is 1. The van der Waals surface area contributed by atoms with Gasteiger partial charge in [0.05, 0.1) is 17.9 Å². The van der Waals surface area contributed by atoms with Gasteiger partial charge in [0.15, 0.2) is 4.67 Å². The molecule has 2 aromatic heterocycles. The first-order chi connectivity index (χ1) is 7.65. The summed E-state index contributed by atoms with van der Waals surface area (Å²) < 4.78 is 6.18. The molecule has 2 heterocycles. The minimum absolute atomic E-state index is 0.0780. The summed E-state index contributed by atoms with van der Waals surface area (Å²) in [6.45, 7) is 2.01. The van der Waals surface area contributed by atoms with E-state index in [1.807, 2.05) is 25.1 Å². The highest BCUT2D eigenvalue weighted by Gasteiger charge is 2.09. The first kappa shape index (κ1) is 11.5. The van der Waals surface area contributed by atoms with E-state index >= 15 is 0 Å². The SMILES string of the molecule is CC(Nc1ccc(Cl)nc1)c1ccc(Br)o1.